The highest BCUT2D eigenvalue weighted by Gasteiger charge is 2.17. The zero-order chi connectivity index (χ0) is 14.5. The molecule has 0 amide bonds. The number of hydrogen-bond donors (Lipinski definition) is 0. The number of fused-ring (bicyclic) bond motifs is 1. The number of anilines is 1. The number of hydrogen-bond acceptors (Lipinski definition) is 6. The van der Waals surface area contributed by atoms with Crippen LogP contribution >= 0.6 is 0 Å². The lowest BCUT2D eigenvalue weighted by molar-refractivity contribution is 0.203. The minimum absolute atomic E-state index is 0.658. The second-order valence-corrected chi connectivity index (χ2v) is 5.31. The molecule has 1 unspecified atom stereocenters. The second-order valence-electron chi connectivity index (χ2n) is 5.31. The topological polar surface area (TPSA) is 68.4 Å². The van der Waals surface area contributed by atoms with E-state index in [-0.39, 0.29) is 0 Å². The fraction of sp³-hybridized carbons (Fsp3) is 0.571. The fourth-order valence-electron chi connectivity index (χ4n) is 2.64. The third kappa shape index (κ3) is 3.36. The van der Waals surface area contributed by atoms with Crippen LogP contribution in [0.1, 0.15) is 19.3 Å². The molecule has 2 aromatic heterocycles. The van der Waals surface area contributed by atoms with Crippen molar-refractivity contribution >= 4 is 11.5 Å². The third-order valence-corrected chi connectivity index (χ3v) is 3.80. The van der Waals surface area contributed by atoms with E-state index in [1.54, 1.807) is 7.11 Å². The van der Waals surface area contributed by atoms with Gasteiger partial charge in [-0.3, -0.25) is 0 Å². The summed E-state index contributed by atoms with van der Waals surface area (Å²) >= 11 is 0. The number of rotatable bonds is 6. The van der Waals surface area contributed by atoms with E-state index in [0.717, 1.165) is 25.3 Å². The summed E-state index contributed by atoms with van der Waals surface area (Å²) in [7, 11) is 1.72. The zero-order valence-electron chi connectivity index (χ0n) is 12.2. The van der Waals surface area contributed by atoms with Gasteiger partial charge in [0.15, 0.2) is 11.5 Å². The largest absolute Gasteiger partial charge is 0.383 e. The van der Waals surface area contributed by atoms with Crippen molar-refractivity contribution in [3.8, 4) is 0 Å². The van der Waals surface area contributed by atoms with Crippen LogP contribution in [0, 0.1) is 5.92 Å². The van der Waals surface area contributed by atoms with E-state index in [9.17, 15) is 0 Å². The predicted molar refractivity (Wildman–Crippen MR) is 79.1 cm³/mol. The van der Waals surface area contributed by atoms with Crippen molar-refractivity contribution in [3.63, 3.8) is 0 Å². The van der Waals surface area contributed by atoms with Crippen LogP contribution in [0.4, 0.5) is 5.82 Å². The van der Waals surface area contributed by atoms with Crippen LogP contribution < -0.4 is 4.90 Å². The molecule has 0 saturated carbocycles. The quantitative estimate of drug-likeness (QED) is 0.747. The maximum atomic E-state index is 5.22. The molecule has 112 valence electrons. The Balaban J connectivity index is 1.77. The highest BCUT2D eigenvalue weighted by molar-refractivity contribution is 5.44. The molecule has 2 heterocycles. The Hall–Kier alpha value is -2.02. The third-order valence-electron chi connectivity index (χ3n) is 3.80. The molecule has 0 aromatic carbocycles. The lowest BCUT2D eigenvalue weighted by atomic mass is 9.94. The molecule has 0 spiro atoms. The summed E-state index contributed by atoms with van der Waals surface area (Å²) in [5.74, 6) is 1.56. The van der Waals surface area contributed by atoms with Gasteiger partial charge in [0.1, 0.15) is 0 Å². The number of aromatic nitrogens is 5. The fourth-order valence-corrected chi connectivity index (χ4v) is 2.64. The molecular weight excluding hydrogens is 268 g/mol. The highest BCUT2D eigenvalue weighted by Crippen LogP contribution is 2.21. The molecule has 21 heavy (non-hydrogen) atoms. The van der Waals surface area contributed by atoms with Crippen LogP contribution in [0.15, 0.2) is 24.3 Å². The standard InChI is InChI=1S/C14H20N6O/c1-21-10-9-19(11-12-5-3-2-4-6-12)14-8-7-13-15-17-18-20(13)16-14/h2-3,7-8,12H,4-6,9-11H2,1H3. The summed E-state index contributed by atoms with van der Waals surface area (Å²) in [6, 6.07) is 3.86. The number of methoxy groups -OCH3 is 1. The highest BCUT2D eigenvalue weighted by atomic mass is 16.5. The molecule has 0 radical (unpaired) electrons. The summed E-state index contributed by atoms with van der Waals surface area (Å²) < 4.78 is 6.69. The van der Waals surface area contributed by atoms with Crippen LogP contribution in [0.3, 0.4) is 0 Å². The van der Waals surface area contributed by atoms with Gasteiger partial charge in [-0.25, -0.2) is 0 Å². The van der Waals surface area contributed by atoms with Gasteiger partial charge < -0.3 is 9.64 Å². The molecule has 0 N–H and O–H groups in total. The molecule has 0 saturated heterocycles. The lowest BCUT2D eigenvalue weighted by Crippen LogP contribution is -2.34. The molecular formula is C14H20N6O. The van der Waals surface area contributed by atoms with Crippen molar-refractivity contribution in [2.24, 2.45) is 5.92 Å². The summed E-state index contributed by atoms with van der Waals surface area (Å²) in [6.45, 7) is 2.48. The van der Waals surface area contributed by atoms with E-state index in [0.29, 0.717) is 18.2 Å². The van der Waals surface area contributed by atoms with Gasteiger partial charge in [0, 0.05) is 20.2 Å². The molecule has 1 aliphatic carbocycles. The van der Waals surface area contributed by atoms with Gasteiger partial charge in [-0.2, -0.15) is 0 Å². The normalized spacial score (nSPS) is 18.2. The first-order valence-corrected chi connectivity index (χ1v) is 7.31. The van der Waals surface area contributed by atoms with E-state index < -0.39 is 0 Å². The first-order chi connectivity index (χ1) is 10.4. The Morgan fingerprint density at radius 2 is 2.33 bits per heavy atom. The van der Waals surface area contributed by atoms with Crippen LogP contribution in [-0.4, -0.2) is 52.1 Å². The van der Waals surface area contributed by atoms with Crippen molar-refractivity contribution in [1.82, 2.24) is 25.3 Å². The van der Waals surface area contributed by atoms with E-state index in [4.69, 9.17) is 4.74 Å². The summed E-state index contributed by atoms with van der Waals surface area (Å²) in [6.07, 6.45) is 8.08. The van der Waals surface area contributed by atoms with Gasteiger partial charge in [-0.05, 0) is 47.7 Å². The number of allylic oxidation sites excluding steroid dienone is 2. The van der Waals surface area contributed by atoms with Gasteiger partial charge in [0.2, 0.25) is 0 Å². The molecule has 1 atom stereocenters. The van der Waals surface area contributed by atoms with Gasteiger partial charge >= 0.3 is 0 Å². The molecule has 0 aliphatic heterocycles. The van der Waals surface area contributed by atoms with Crippen LogP contribution in [-0.2, 0) is 4.74 Å². The van der Waals surface area contributed by atoms with Crippen molar-refractivity contribution in [1.29, 1.82) is 0 Å². The lowest BCUT2D eigenvalue weighted by Gasteiger charge is -2.28. The first kappa shape index (κ1) is 13.9. The van der Waals surface area contributed by atoms with Crippen molar-refractivity contribution in [2.45, 2.75) is 19.3 Å². The van der Waals surface area contributed by atoms with E-state index >= 15 is 0 Å². The summed E-state index contributed by atoms with van der Waals surface area (Å²) in [5, 5.41) is 15.9. The average molecular weight is 288 g/mol. The Morgan fingerprint density at radius 1 is 1.38 bits per heavy atom. The summed E-state index contributed by atoms with van der Waals surface area (Å²) in [5.41, 5.74) is 0.658. The van der Waals surface area contributed by atoms with E-state index in [1.165, 1.54) is 17.5 Å². The Bertz CT molecular complexity index is 610. The average Bonchev–Trinajstić information content (AvgIpc) is 3.00. The van der Waals surface area contributed by atoms with Crippen molar-refractivity contribution in [3.05, 3.63) is 24.3 Å². The van der Waals surface area contributed by atoms with Crippen LogP contribution in [0.25, 0.3) is 5.65 Å². The maximum absolute atomic E-state index is 5.22. The minimum Gasteiger partial charge on any atom is -0.383 e. The molecule has 0 bridgehead atoms. The van der Waals surface area contributed by atoms with Gasteiger partial charge in [0.25, 0.3) is 0 Å². The number of tetrazole rings is 1. The monoisotopic (exact) mass is 288 g/mol. The molecule has 0 fully saturated rings. The van der Waals surface area contributed by atoms with Gasteiger partial charge in [-0.1, -0.05) is 12.2 Å². The van der Waals surface area contributed by atoms with Crippen LogP contribution in [0.5, 0.6) is 0 Å². The molecule has 2 aromatic rings. The van der Waals surface area contributed by atoms with Crippen molar-refractivity contribution in [2.75, 3.05) is 31.7 Å². The zero-order valence-corrected chi connectivity index (χ0v) is 12.2. The first-order valence-electron chi connectivity index (χ1n) is 7.31. The van der Waals surface area contributed by atoms with Crippen LogP contribution in [0.2, 0.25) is 0 Å². The number of ether oxygens (including phenoxy) is 1. The smallest absolute Gasteiger partial charge is 0.200 e. The Morgan fingerprint density at radius 3 is 3.14 bits per heavy atom. The maximum Gasteiger partial charge on any atom is 0.200 e. The molecule has 7 nitrogen and oxygen atoms in total. The van der Waals surface area contributed by atoms with Gasteiger partial charge in [0.05, 0.1) is 6.61 Å². The molecule has 3 rings (SSSR count). The van der Waals surface area contributed by atoms with Crippen molar-refractivity contribution < 1.29 is 4.74 Å². The minimum atomic E-state index is 0.658. The van der Waals surface area contributed by atoms with E-state index in [2.05, 4.69) is 37.7 Å². The SMILES string of the molecule is COCCN(CC1CC=CCC1)c1ccc2nnnn2n1. The molecule has 7 heteroatoms. The number of nitrogens with zero attached hydrogens (tertiary/aromatic N) is 6. The Kier molecular flexibility index (Phi) is 4.40. The molecule has 1 aliphatic rings. The van der Waals surface area contributed by atoms with Gasteiger partial charge in [-0.15, -0.1) is 14.8 Å². The summed E-state index contributed by atoms with van der Waals surface area (Å²) in [4.78, 5) is 2.26. The van der Waals surface area contributed by atoms with E-state index in [1.807, 2.05) is 12.1 Å². The predicted octanol–water partition coefficient (Wildman–Crippen LogP) is 1.33. The Labute approximate surface area is 123 Å². The second kappa shape index (κ2) is 6.62.